The molecule has 1 aliphatic heterocycles. The Morgan fingerprint density at radius 3 is 2.90 bits per heavy atom. The van der Waals surface area contributed by atoms with E-state index in [-0.39, 0.29) is 24.6 Å². The minimum Gasteiger partial charge on any atom is -0.467 e. The minimum absolute atomic E-state index is 0.0691. The van der Waals surface area contributed by atoms with Crippen LogP contribution in [-0.2, 0) is 16.1 Å². The van der Waals surface area contributed by atoms with E-state index in [9.17, 15) is 4.79 Å². The van der Waals surface area contributed by atoms with E-state index >= 15 is 0 Å². The predicted molar refractivity (Wildman–Crippen MR) is 111 cm³/mol. The molecular weight excluding hydrogens is 388 g/mol. The van der Waals surface area contributed by atoms with Crippen molar-refractivity contribution >= 4 is 23.3 Å². The van der Waals surface area contributed by atoms with Crippen molar-refractivity contribution in [3.8, 4) is 0 Å². The van der Waals surface area contributed by atoms with Crippen molar-refractivity contribution in [2.24, 2.45) is 0 Å². The van der Waals surface area contributed by atoms with Crippen LogP contribution in [0.15, 0.2) is 65.5 Å². The number of pyridine rings is 1. The Balaban J connectivity index is 1.71. The molecule has 0 bridgehead atoms. The first-order valence-corrected chi connectivity index (χ1v) is 9.89. The van der Waals surface area contributed by atoms with E-state index in [0.717, 1.165) is 17.1 Å². The number of nitrogens with zero attached hydrogens (tertiary/aromatic N) is 3. The number of thiocarbonyl (C=S) groups is 1. The van der Waals surface area contributed by atoms with Gasteiger partial charge in [-0.1, -0.05) is 6.07 Å². The fourth-order valence-corrected chi connectivity index (χ4v) is 3.96. The first-order chi connectivity index (χ1) is 14.2. The molecule has 7 nitrogen and oxygen atoms in total. The number of aromatic nitrogens is 2. The van der Waals surface area contributed by atoms with Crippen molar-refractivity contribution in [3.05, 3.63) is 78.3 Å². The third-order valence-corrected chi connectivity index (χ3v) is 5.23. The molecule has 0 radical (unpaired) electrons. The highest BCUT2D eigenvalue weighted by atomic mass is 32.1. The molecule has 0 spiro atoms. The van der Waals surface area contributed by atoms with Crippen molar-refractivity contribution in [2.75, 3.05) is 13.2 Å². The number of rotatable bonds is 7. The molecule has 3 aromatic heterocycles. The van der Waals surface area contributed by atoms with Gasteiger partial charge in [0, 0.05) is 18.1 Å². The van der Waals surface area contributed by atoms with Gasteiger partial charge < -0.3 is 23.9 Å². The summed E-state index contributed by atoms with van der Waals surface area (Å²) in [5.74, 6) is 0.537. The van der Waals surface area contributed by atoms with Gasteiger partial charge in [-0.05, 0) is 55.5 Å². The summed E-state index contributed by atoms with van der Waals surface area (Å²) in [5.41, 5.74) is 1.87. The molecule has 150 valence electrons. The number of nitrogens with one attached hydrogen (secondary N) is 1. The van der Waals surface area contributed by atoms with Gasteiger partial charge in [0.2, 0.25) is 0 Å². The number of hydrogen-bond donors (Lipinski definition) is 1. The van der Waals surface area contributed by atoms with Crippen LogP contribution in [0.5, 0.6) is 0 Å². The highest BCUT2D eigenvalue weighted by Crippen LogP contribution is 2.38. The minimum atomic E-state index is -0.313. The summed E-state index contributed by atoms with van der Waals surface area (Å²) in [6.45, 7) is 2.78. The number of carbonyl (C=O) groups excluding carboxylic acids is 1. The van der Waals surface area contributed by atoms with Crippen LogP contribution < -0.4 is 5.32 Å². The first kappa shape index (κ1) is 19.2. The van der Waals surface area contributed by atoms with Gasteiger partial charge in [0.25, 0.3) is 0 Å². The molecule has 8 heteroatoms. The lowest BCUT2D eigenvalue weighted by atomic mass is 10.0. The molecule has 0 aliphatic carbocycles. The van der Waals surface area contributed by atoms with Gasteiger partial charge in [0.1, 0.15) is 12.3 Å². The average Bonchev–Trinajstić information content (AvgIpc) is 3.45. The lowest BCUT2D eigenvalue weighted by Gasteiger charge is -2.28. The van der Waals surface area contributed by atoms with Crippen LogP contribution in [0, 0.1) is 0 Å². The maximum atomic E-state index is 12.3. The summed E-state index contributed by atoms with van der Waals surface area (Å²) in [4.78, 5) is 18.6. The largest absolute Gasteiger partial charge is 0.467 e. The topological polar surface area (TPSA) is 72.5 Å². The summed E-state index contributed by atoms with van der Waals surface area (Å²) in [5, 5.41) is 3.85. The van der Waals surface area contributed by atoms with Crippen LogP contribution in [0.2, 0.25) is 0 Å². The molecule has 2 atom stereocenters. The molecule has 0 amide bonds. The van der Waals surface area contributed by atoms with E-state index in [1.165, 1.54) is 0 Å². The third kappa shape index (κ3) is 4.02. The third-order valence-electron chi connectivity index (χ3n) is 4.88. The number of esters is 1. The molecule has 0 saturated carbocycles. The molecule has 29 heavy (non-hydrogen) atoms. The predicted octanol–water partition coefficient (Wildman–Crippen LogP) is 3.06. The zero-order chi connectivity index (χ0) is 20.2. The lowest BCUT2D eigenvalue weighted by Crippen LogP contribution is -2.36. The van der Waals surface area contributed by atoms with Gasteiger partial charge in [-0.15, -0.1) is 0 Å². The van der Waals surface area contributed by atoms with Crippen LogP contribution in [0.25, 0.3) is 0 Å². The Hall–Kier alpha value is -3.13. The second kappa shape index (κ2) is 8.48. The molecule has 4 rings (SSSR count). The lowest BCUT2D eigenvalue weighted by molar-refractivity contribution is -0.143. The van der Waals surface area contributed by atoms with Crippen LogP contribution in [-0.4, -0.2) is 38.7 Å². The quantitative estimate of drug-likeness (QED) is 0.474. The van der Waals surface area contributed by atoms with Crippen molar-refractivity contribution in [2.45, 2.75) is 25.6 Å². The van der Waals surface area contributed by atoms with Gasteiger partial charge in [0.05, 0.1) is 37.2 Å². The van der Waals surface area contributed by atoms with E-state index in [4.69, 9.17) is 21.4 Å². The van der Waals surface area contributed by atoms with Crippen LogP contribution in [0.3, 0.4) is 0 Å². The van der Waals surface area contributed by atoms with Gasteiger partial charge in [-0.2, -0.15) is 0 Å². The molecular formula is C21H22N4O3S. The molecule has 3 aromatic rings. The van der Waals surface area contributed by atoms with E-state index < -0.39 is 0 Å². The monoisotopic (exact) mass is 410 g/mol. The second-order valence-electron chi connectivity index (χ2n) is 6.70. The Morgan fingerprint density at radius 1 is 1.28 bits per heavy atom. The summed E-state index contributed by atoms with van der Waals surface area (Å²) in [7, 11) is 0. The number of hydrogen-bond acceptors (Lipinski definition) is 5. The molecule has 1 aliphatic rings. The number of furan rings is 1. The highest BCUT2D eigenvalue weighted by molar-refractivity contribution is 7.80. The van der Waals surface area contributed by atoms with Crippen molar-refractivity contribution < 1.29 is 13.9 Å². The van der Waals surface area contributed by atoms with E-state index in [1.807, 2.05) is 53.6 Å². The van der Waals surface area contributed by atoms with Crippen LogP contribution in [0.4, 0.5) is 0 Å². The molecule has 0 unspecified atom stereocenters. The SMILES string of the molecule is CCOC(=O)CN1C(=S)N[C@H](c2ccccn2)[C@@H]1c1cccn1Cc1ccco1. The smallest absolute Gasteiger partial charge is 0.325 e. The average molecular weight is 410 g/mol. The van der Waals surface area contributed by atoms with Gasteiger partial charge in [0.15, 0.2) is 5.11 Å². The van der Waals surface area contributed by atoms with Crippen molar-refractivity contribution in [3.63, 3.8) is 0 Å². The van der Waals surface area contributed by atoms with Crippen molar-refractivity contribution in [1.82, 2.24) is 19.8 Å². The van der Waals surface area contributed by atoms with Gasteiger partial charge in [-0.3, -0.25) is 9.78 Å². The number of ether oxygens (including phenoxy) is 1. The number of carbonyl (C=O) groups is 1. The fraction of sp³-hybridized carbons (Fsp3) is 0.286. The molecule has 0 aromatic carbocycles. The van der Waals surface area contributed by atoms with E-state index in [0.29, 0.717) is 18.3 Å². The summed E-state index contributed by atoms with van der Waals surface area (Å²) < 4.78 is 12.8. The molecule has 4 heterocycles. The standard InChI is InChI=1S/C21H22N4O3S/c1-2-27-18(26)14-25-20(19(23-21(25)29)16-8-3-4-10-22-16)17-9-5-11-24(17)13-15-7-6-12-28-15/h3-12,19-20H,2,13-14H2,1H3,(H,23,29)/t19-,20+/m1/s1. The van der Waals surface area contributed by atoms with E-state index in [2.05, 4.69) is 14.9 Å². The summed E-state index contributed by atoms with van der Waals surface area (Å²) >= 11 is 5.58. The Bertz CT molecular complexity index is 971. The Labute approximate surface area is 174 Å². The highest BCUT2D eigenvalue weighted by Gasteiger charge is 2.42. The van der Waals surface area contributed by atoms with Crippen LogP contribution in [0.1, 0.15) is 36.2 Å². The molecule has 1 saturated heterocycles. The maximum Gasteiger partial charge on any atom is 0.325 e. The molecule has 1 fully saturated rings. The fourth-order valence-electron chi connectivity index (χ4n) is 3.65. The van der Waals surface area contributed by atoms with Gasteiger partial charge >= 0.3 is 5.97 Å². The summed E-state index contributed by atoms with van der Waals surface area (Å²) in [6.07, 6.45) is 5.42. The van der Waals surface area contributed by atoms with Crippen molar-refractivity contribution in [1.29, 1.82) is 0 Å². The maximum absolute atomic E-state index is 12.3. The Kier molecular flexibility index (Phi) is 5.62. The van der Waals surface area contributed by atoms with Crippen LogP contribution >= 0.6 is 12.2 Å². The Morgan fingerprint density at radius 2 is 2.17 bits per heavy atom. The zero-order valence-electron chi connectivity index (χ0n) is 16.0. The van der Waals surface area contributed by atoms with Gasteiger partial charge in [-0.25, -0.2) is 0 Å². The normalized spacial score (nSPS) is 18.7. The molecule has 1 N–H and O–H groups in total. The summed E-state index contributed by atoms with van der Waals surface area (Å²) in [6, 6.07) is 13.2. The zero-order valence-corrected chi connectivity index (χ0v) is 16.8. The second-order valence-corrected chi connectivity index (χ2v) is 7.09. The first-order valence-electron chi connectivity index (χ1n) is 9.48. The van der Waals surface area contributed by atoms with E-state index in [1.54, 1.807) is 19.4 Å².